The van der Waals surface area contributed by atoms with E-state index in [-0.39, 0.29) is 24.2 Å². The second-order valence-electron chi connectivity index (χ2n) is 4.81. The largest absolute Gasteiger partial charge is 0.508 e. The van der Waals surface area contributed by atoms with Crippen LogP contribution in [0.25, 0.3) is 0 Å². The first-order valence-corrected chi connectivity index (χ1v) is 6.37. The molecule has 1 aromatic carbocycles. The Bertz CT molecular complexity index is 371. The number of phenolic OH excluding ortho intramolecular Hbond substituents is 1. The van der Waals surface area contributed by atoms with Crippen LogP contribution in [0.15, 0.2) is 18.2 Å². The summed E-state index contributed by atoms with van der Waals surface area (Å²) in [6.45, 7) is 4.88. The maximum absolute atomic E-state index is 13.1. The molecule has 0 fully saturated rings. The third kappa shape index (κ3) is 4.63. The Morgan fingerprint density at radius 2 is 2.06 bits per heavy atom. The number of hydrogen-bond acceptors (Lipinski definition) is 3. The van der Waals surface area contributed by atoms with Gasteiger partial charge in [-0.05, 0) is 50.4 Å². The van der Waals surface area contributed by atoms with Crippen molar-refractivity contribution in [1.29, 1.82) is 0 Å². The predicted molar refractivity (Wildman–Crippen MR) is 70.0 cm³/mol. The molecule has 102 valence electrons. The minimum absolute atomic E-state index is 0.0925. The summed E-state index contributed by atoms with van der Waals surface area (Å²) in [5.74, 6) is 0.0788. The molecular formula is C14H22FNO2. The van der Waals surface area contributed by atoms with Crippen LogP contribution in [0.1, 0.15) is 38.3 Å². The van der Waals surface area contributed by atoms with Crippen LogP contribution in [0, 0.1) is 11.7 Å². The number of aliphatic hydroxyl groups is 1. The summed E-state index contributed by atoms with van der Waals surface area (Å²) in [4.78, 5) is 0. The highest BCUT2D eigenvalue weighted by atomic mass is 19.1. The van der Waals surface area contributed by atoms with Gasteiger partial charge in [-0.25, -0.2) is 4.39 Å². The van der Waals surface area contributed by atoms with Crippen LogP contribution in [-0.2, 0) is 0 Å². The van der Waals surface area contributed by atoms with Crippen molar-refractivity contribution < 1.29 is 14.6 Å². The summed E-state index contributed by atoms with van der Waals surface area (Å²) in [5, 5.41) is 21.8. The van der Waals surface area contributed by atoms with Gasteiger partial charge in [-0.2, -0.15) is 0 Å². The number of phenols is 1. The van der Waals surface area contributed by atoms with Crippen molar-refractivity contribution in [1.82, 2.24) is 5.32 Å². The minimum atomic E-state index is -0.342. The van der Waals surface area contributed by atoms with E-state index in [1.807, 2.05) is 13.8 Å². The number of halogens is 1. The van der Waals surface area contributed by atoms with Gasteiger partial charge in [-0.3, -0.25) is 0 Å². The molecule has 0 amide bonds. The van der Waals surface area contributed by atoms with Crippen LogP contribution in [0.5, 0.6) is 5.75 Å². The zero-order chi connectivity index (χ0) is 13.5. The van der Waals surface area contributed by atoms with Crippen molar-refractivity contribution in [2.45, 2.75) is 32.7 Å². The van der Waals surface area contributed by atoms with E-state index in [2.05, 4.69) is 5.32 Å². The first-order valence-electron chi connectivity index (χ1n) is 6.37. The van der Waals surface area contributed by atoms with Gasteiger partial charge in [-0.1, -0.05) is 6.92 Å². The molecule has 3 N–H and O–H groups in total. The number of aromatic hydroxyl groups is 1. The second-order valence-corrected chi connectivity index (χ2v) is 4.81. The van der Waals surface area contributed by atoms with Crippen molar-refractivity contribution in [2.24, 2.45) is 5.92 Å². The maximum Gasteiger partial charge on any atom is 0.123 e. The van der Waals surface area contributed by atoms with Crippen LogP contribution in [0.3, 0.4) is 0 Å². The molecule has 1 aromatic rings. The van der Waals surface area contributed by atoms with Crippen molar-refractivity contribution >= 4 is 0 Å². The fourth-order valence-corrected chi connectivity index (χ4v) is 1.84. The molecule has 0 saturated heterocycles. The van der Waals surface area contributed by atoms with E-state index >= 15 is 0 Å². The van der Waals surface area contributed by atoms with Crippen LogP contribution in [-0.4, -0.2) is 23.4 Å². The van der Waals surface area contributed by atoms with E-state index in [9.17, 15) is 9.50 Å². The lowest BCUT2D eigenvalue weighted by molar-refractivity contribution is 0.227. The third-order valence-electron chi connectivity index (χ3n) is 3.09. The molecule has 2 atom stereocenters. The Balaban J connectivity index is 2.40. The summed E-state index contributed by atoms with van der Waals surface area (Å²) in [6.07, 6.45) is 1.90. The lowest BCUT2D eigenvalue weighted by Crippen LogP contribution is -2.20. The van der Waals surface area contributed by atoms with Gasteiger partial charge in [0.05, 0.1) is 0 Å². The van der Waals surface area contributed by atoms with E-state index < -0.39 is 0 Å². The van der Waals surface area contributed by atoms with Crippen molar-refractivity contribution in [3.05, 3.63) is 29.6 Å². The zero-order valence-corrected chi connectivity index (χ0v) is 11.0. The smallest absolute Gasteiger partial charge is 0.123 e. The van der Waals surface area contributed by atoms with Gasteiger partial charge in [0.1, 0.15) is 11.6 Å². The molecule has 18 heavy (non-hydrogen) atoms. The normalized spacial score (nSPS) is 14.4. The Hall–Kier alpha value is -1.13. The summed E-state index contributed by atoms with van der Waals surface area (Å²) >= 11 is 0. The Morgan fingerprint density at radius 3 is 2.72 bits per heavy atom. The van der Waals surface area contributed by atoms with Gasteiger partial charge in [-0.15, -0.1) is 0 Å². The highest BCUT2D eigenvalue weighted by Crippen LogP contribution is 2.24. The van der Waals surface area contributed by atoms with Gasteiger partial charge in [0.15, 0.2) is 0 Å². The zero-order valence-electron chi connectivity index (χ0n) is 11.0. The number of nitrogens with one attached hydrogen (secondary N) is 1. The predicted octanol–water partition coefficient (Wildman–Crippen LogP) is 2.59. The Labute approximate surface area is 108 Å². The Kier molecular flexibility index (Phi) is 6.09. The molecule has 0 aliphatic rings. The lowest BCUT2D eigenvalue weighted by Gasteiger charge is -2.16. The van der Waals surface area contributed by atoms with Gasteiger partial charge in [0.2, 0.25) is 0 Å². The van der Waals surface area contributed by atoms with Crippen LogP contribution < -0.4 is 5.32 Å². The molecule has 0 aliphatic heterocycles. The van der Waals surface area contributed by atoms with E-state index in [1.54, 1.807) is 0 Å². The molecular weight excluding hydrogens is 233 g/mol. The highest BCUT2D eigenvalue weighted by molar-refractivity contribution is 5.34. The molecule has 0 radical (unpaired) electrons. The molecule has 2 unspecified atom stereocenters. The van der Waals surface area contributed by atoms with Crippen molar-refractivity contribution in [3.63, 3.8) is 0 Å². The molecule has 0 heterocycles. The molecule has 0 aromatic heterocycles. The number of hydrogen-bond donors (Lipinski definition) is 3. The highest BCUT2D eigenvalue weighted by Gasteiger charge is 2.10. The lowest BCUT2D eigenvalue weighted by atomic mass is 10.1. The van der Waals surface area contributed by atoms with E-state index in [0.717, 1.165) is 19.4 Å². The van der Waals surface area contributed by atoms with Crippen LogP contribution in [0.4, 0.5) is 4.39 Å². The molecule has 1 rings (SSSR count). The fraction of sp³-hybridized carbons (Fsp3) is 0.571. The molecule has 0 bridgehead atoms. The molecule has 0 saturated carbocycles. The molecule has 0 aliphatic carbocycles. The van der Waals surface area contributed by atoms with Gasteiger partial charge < -0.3 is 15.5 Å². The SMILES string of the molecule is CC(CO)CCCNC(C)c1cc(F)ccc1O. The van der Waals surface area contributed by atoms with Crippen molar-refractivity contribution in [2.75, 3.05) is 13.2 Å². The molecule has 4 heteroatoms. The first kappa shape index (κ1) is 14.9. The van der Waals surface area contributed by atoms with E-state index in [0.29, 0.717) is 11.5 Å². The standard InChI is InChI=1S/C14H22FNO2/c1-10(9-17)4-3-7-16-11(2)13-8-12(15)5-6-14(13)18/h5-6,8,10-11,16-18H,3-4,7,9H2,1-2H3. The topological polar surface area (TPSA) is 52.5 Å². The average Bonchev–Trinajstić information content (AvgIpc) is 2.36. The second kappa shape index (κ2) is 7.34. The summed E-state index contributed by atoms with van der Waals surface area (Å²) in [7, 11) is 0. The maximum atomic E-state index is 13.1. The van der Waals surface area contributed by atoms with Crippen LogP contribution >= 0.6 is 0 Å². The molecule has 3 nitrogen and oxygen atoms in total. The number of rotatable bonds is 7. The summed E-state index contributed by atoms with van der Waals surface area (Å²) < 4.78 is 13.1. The number of benzene rings is 1. The number of aliphatic hydroxyl groups excluding tert-OH is 1. The van der Waals surface area contributed by atoms with Crippen molar-refractivity contribution in [3.8, 4) is 5.75 Å². The van der Waals surface area contributed by atoms with E-state index in [1.165, 1.54) is 18.2 Å². The quantitative estimate of drug-likeness (QED) is 0.656. The monoisotopic (exact) mass is 255 g/mol. The molecule has 0 spiro atoms. The summed E-state index contributed by atoms with van der Waals surface area (Å²) in [5.41, 5.74) is 0.574. The minimum Gasteiger partial charge on any atom is -0.508 e. The van der Waals surface area contributed by atoms with E-state index in [4.69, 9.17) is 5.11 Å². The summed E-state index contributed by atoms with van der Waals surface area (Å²) in [6, 6.07) is 3.87. The third-order valence-corrected chi connectivity index (χ3v) is 3.09. The van der Waals surface area contributed by atoms with Gasteiger partial charge in [0, 0.05) is 18.2 Å². The average molecular weight is 255 g/mol. The fourth-order valence-electron chi connectivity index (χ4n) is 1.84. The van der Waals surface area contributed by atoms with Gasteiger partial charge in [0.25, 0.3) is 0 Å². The first-order chi connectivity index (χ1) is 8.54. The Morgan fingerprint density at radius 1 is 1.33 bits per heavy atom. The van der Waals surface area contributed by atoms with Crippen LogP contribution in [0.2, 0.25) is 0 Å². The van der Waals surface area contributed by atoms with Gasteiger partial charge >= 0.3 is 0 Å².